The van der Waals surface area contributed by atoms with Crippen LogP contribution in [0.25, 0.3) is 291 Å². The molecule has 0 radical (unpaired) electrons. The summed E-state index contributed by atoms with van der Waals surface area (Å²) in [6, 6.07) is 78.1. The largest absolute Gasteiger partial charge is 0.667 e. The lowest BCUT2D eigenvalue weighted by Gasteiger charge is -2.30. The number of fused-ring (bicyclic) bond motifs is 18. The molecule has 4 unspecified atom stereocenters. The van der Waals surface area contributed by atoms with E-state index in [9.17, 15) is 0 Å². The van der Waals surface area contributed by atoms with Crippen molar-refractivity contribution in [1.82, 2.24) is 46.5 Å². The van der Waals surface area contributed by atoms with Crippen molar-refractivity contribution in [2.75, 3.05) is 0 Å². The third-order valence-corrected chi connectivity index (χ3v) is 34.5. The fourth-order valence-corrected chi connectivity index (χ4v) is 31.3. The molecule has 546 valence electrons. The van der Waals surface area contributed by atoms with Crippen LogP contribution in [0, 0.1) is 0 Å². The summed E-state index contributed by atoms with van der Waals surface area (Å²) in [7, 11) is 0. The second-order valence-electron chi connectivity index (χ2n) is 38.5. The number of rotatable bonds is 0. The van der Waals surface area contributed by atoms with Gasteiger partial charge in [-0.2, -0.15) is 18.3 Å². The summed E-state index contributed by atoms with van der Waals surface area (Å²) in [6.45, 7) is 0. The molecule has 0 fully saturated rings. The summed E-state index contributed by atoms with van der Waals surface area (Å²) in [6.07, 6.45) is 24.7. The predicted octanol–water partition coefficient (Wildman–Crippen LogP) is 7.11. The number of aromatic nitrogens is 14. The fraction of sp³-hybridized carbons (Fsp3) is 0.0377. The van der Waals surface area contributed by atoms with E-state index in [1.807, 2.05) is 0 Å². The first kappa shape index (κ1) is 54.3. The number of benzene rings is 9. The minimum absolute atomic E-state index is 0.854. The molecule has 20 aliphatic rings. The average molecular weight is 1570 g/mol. The number of H-pyrrole nitrogens is 2. The first-order valence-electron chi connectivity index (χ1n) is 43.6. The Labute approximate surface area is 688 Å². The van der Waals surface area contributed by atoms with Gasteiger partial charge in [-0.1, -0.05) is 0 Å². The van der Waals surface area contributed by atoms with Gasteiger partial charge < -0.3 is 9.97 Å². The molecule has 18 heteroatoms. The predicted molar refractivity (Wildman–Crippen MR) is 464 cm³/mol. The molecule has 14 aromatic heterocycles. The molecule has 0 aliphatic carbocycles. The molecule has 0 amide bonds. The third kappa shape index (κ3) is 4.23. The Kier molecular flexibility index (Phi) is 6.59. The molecule has 4 atom stereocenters. The highest BCUT2D eigenvalue weighted by atomic mass is 15.7. The maximum absolute atomic E-state index is 3.65. The standard InChI is InChI=1S/C106H42N18/c1-3-45-11-19-73-81-65-39-57-35-59-41-67-86-78-24-16-50-8-6-48-14-22-76-84-64-38-56-34-54-30-52-32-70-62(26-28-108-70)80-72-18-10-44-2-4-46-12-20-74-82(98(64)112(56)104(110(54)88(52)80)118(72)90(44)92(46)120(74)104)66-40-58-36-60-42-68(102(86)116(60)106(114(58)100(66)84)122(76)94(48)96(50)124(78)106)85-77-23-15-49-7-5-47-13-21-75-83(99(65)113(57)105(115(59)101(67)85)121(75)93(47)95(49)123(77)105)63-37-55-33-53-29-51-31-69-61(25-27-107-69)79-71-17-9-43(1)89-91(45)119(73)103(117(71)89,109(53)87(51)79)111(55)97(63)81/h1-42H/q+10/p+2. The van der Waals surface area contributed by atoms with E-state index in [1.54, 1.807) is 0 Å². The van der Waals surface area contributed by atoms with Crippen molar-refractivity contribution in [2.24, 2.45) is 0 Å². The first-order valence-corrected chi connectivity index (χ1v) is 43.6. The molecule has 20 aliphatic heterocycles. The summed E-state index contributed by atoms with van der Waals surface area (Å²) >= 11 is 0. The first-order chi connectivity index (χ1) is 61.5. The highest BCUT2D eigenvalue weighted by Gasteiger charge is 2.86. The fourth-order valence-electron chi connectivity index (χ4n) is 31.3. The molecule has 0 bridgehead atoms. The summed E-state index contributed by atoms with van der Waals surface area (Å²) < 4.78 is 44.9. The van der Waals surface area contributed by atoms with Gasteiger partial charge in [0.1, 0.15) is 22.3 Å². The Morgan fingerprint density at radius 2 is 0.492 bits per heavy atom. The van der Waals surface area contributed by atoms with Crippen LogP contribution in [0.1, 0.15) is 22.8 Å². The molecule has 0 saturated heterocycles. The number of nitrogens with zero attached hydrogens (tertiary/aromatic N) is 16. The zero-order chi connectivity index (χ0) is 77.0. The van der Waals surface area contributed by atoms with Gasteiger partial charge in [0.25, 0.3) is 0 Å². The van der Waals surface area contributed by atoms with E-state index in [0.717, 1.165) is 11.0 Å². The number of allylic oxidation sites excluding steroid dienone is 4. The third-order valence-electron chi connectivity index (χ3n) is 34.5. The van der Waals surface area contributed by atoms with Crippen molar-refractivity contribution in [3.63, 3.8) is 0 Å². The Hall–Kier alpha value is -16.9. The van der Waals surface area contributed by atoms with E-state index >= 15 is 0 Å². The summed E-state index contributed by atoms with van der Waals surface area (Å²) in [5.74, 6) is -3.67. The highest BCUT2D eigenvalue weighted by Crippen LogP contribution is 2.58. The lowest BCUT2D eigenvalue weighted by Crippen LogP contribution is -2.86. The summed E-state index contributed by atoms with van der Waals surface area (Å²) in [4.78, 5) is 7.31. The molecule has 23 aromatic rings. The molecule has 18 nitrogen and oxygen atoms in total. The van der Waals surface area contributed by atoms with Gasteiger partial charge in [-0.25, -0.2) is 0 Å². The van der Waals surface area contributed by atoms with Crippen LogP contribution in [0.3, 0.4) is 0 Å². The molecule has 2 N–H and O–H groups in total. The lowest BCUT2D eigenvalue weighted by molar-refractivity contribution is -0.969. The smallest absolute Gasteiger partial charge is 0.361 e. The monoisotopic (exact) mass is 1570 g/mol. The van der Waals surface area contributed by atoms with Crippen LogP contribution >= 0.6 is 0 Å². The topological polar surface area (TPSA) is 94.4 Å². The van der Waals surface area contributed by atoms with Gasteiger partial charge in [-0.3, -0.25) is 0 Å². The van der Waals surface area contributed by atoms with Crippen molar-refractivity contribution in [3.8, 4) is 90.1 Å². The van der Waals surface area contributed by atoms with E-state index in [0.29, 0.717) is 0 Å². The van der Waals surface area contributed by atoms with Gasteiger partial charge in [0.2, 0.25) is 89.8 Å². The van der Waals surface area contributed by atoms with E-state index in [-0.39, 0.29) is 0 Å². The summed E-state index contributed by atoms with van der Waals surface area (Å²) in [5, 5.41) is 27.5. The zero-order valence-corrected chi connectivity index (χ0v) is 64.4. The highest BCUT2D eigenvalue weighted by molar-refractivity contribution is 6.17. The second-order valence-corrected chi connectivity index (χ2v) is 38.5. The molecule has 9 aromatic carbocycles. The molecular formula is C106H44N18+12. The number of hydrogen-bond donors (Lipinski definition) is 2. The van der Waals surface area contributed by atoms with Gasteiger partial charge in [0.15, 0.2) is 0 Å². The van der Waals surface area contributed by atoms with Crippen LogP contribution < -0.4 is 97.1 Å². The SMILES string of the molecule is C1=C2C=c3c4c5c(cc6n5C57[N+]8=c9c(c%10cc%11n%12c%10c(c9=CC8=C6)-c6ccc8ccc9ccc%10[n+]%13c9c8[n+]6C%12%13[N+]6=c8c-%10c9cc%10n%12c9c(c8=CC6=C%11)-c6ccc8ccc9ccc%11[n+]%13c9c8[n+]6C%12%13[N+]6=c8c-%11c9cc[nH]c9cc8=CC6=C%10)-c6ccc8ccc9ccc-4[n+]5c9c8[n+]67)c4c3=[N+]2C23n5c1cc1cc6[nH]ccc6c(c15)-c1ccc5ccc6ccc-4[n+]2c6c5[n+]13. The summed E-state index contributed by atoms with van der Waals surface area (Å²) in [5.41, 5.74) is 47.1. The van der Waals surface area contributed by atoms with Crippen LogP contribution in [-0.2, 0) is 23.6 Å². The molecule has 4 spiro atoms. The van der Waals surface area contributed by atoms with Crippen LogP contribution in [0.5, 0.6) is 0 Å². The molecule has 124 heavy (non-hydrogen) atoms. The minimum atomic E-state index is -0.981. The van der Waals surface area contributed by atoms with Crippen molar-refractivity contribution in [3.05, 3.63) is 294 Å². The maximum Gasteiger partial charge on any atom is 0.667 e. The quantitative estimate of drug-likeness (QED) is 0.120. The maximum atomic E-state index is 3.65. The Morgan fingerprint density at radius 1 is 0.218 bits per heavy atom. The minimum Gasteiger partial charge on any atom is -0.361 e. The van der Waals surface area contributed by atoms with Crippen molar-refractivity contribution in [2.45, 2.75) is 23.6 Å². The van der Waals surface area contributed by atoms with E-state index < -0.39 is 23.6 Å². The van der Waals surface area contributed by atoms with Crippen LogP contribution in [0.2, 0.25) is 0 Å². The van der Waals surface area contributed by atoms with Crippen molar-refractivity contribution < 1.29 is 36.5 Å². The van der Waals surface area contributed by atoms with Gasteiger partial charge in [-0.05, 0) is 200 Å². The van der Waals surface area contributed by atoms with E-state index in [1.165, 1.54) is 320 Å². The molecule has 34 heterocycles. The van der Waals surface area contributed by atoms with Crippen LogP contribution in [-0.4, -0.2) is 28.2 Å². The zero-order valence-electron chi connectivity index (χ0n) is 64.4. The average Bonchev–Trinajstić information content (AvgIpc) is 1.43. The molecular weight excluding hydrogens is 1530 g/mol. The Bertz CT molecular complexity index is 11500. The van der Waals surface area contributed by atoms with Crippen LogP contribution in [0.15, 0.2) is 229 Å². The van der Waals surface area contributed by atoms with E-state index in [2.05, 4.69) is 338 Å². The van der Waals surface area contributed by atoms with Crippen molar-refractivity contribution >= 4 is 201 Å². The van der Waals surface area contributed by atoms with Gasteiger partial charge in [0.05, 0.1) is 131 Å². The Balaban J connectivity index is 0.625. The number of aromatic amines is 2. The number of nitrogens with one attached hydrogen (secondary N) is 2. The normalized spacial score (nSPS) is 21.7. The van der Waals surface area contributed by atoms with Crippen LogP contribution in [0.4, 0.5) is 0 Å². The van der Waals surface area contributed by atoms with Crippen molar-refractivity contribution in [1.29, 1.82) is 0 Å². The number of hydrogen-bond acceptors (Lipinski definition) is 0. The second kappa shape index (κ2) is 15.1. The van der Waals surface area contributed by atoms with Gasteiger partial charge >= 0.3 is 67.8 Å². The molecule has 0 saturated carbocycles. The molecule has 43 rings (SSSR count). The van der Waals surface area contributed by atoms with Gasteiger partial charge in [-0.15, -0.1) is 0 Å². The van der Waals surface area contributed by atoms with Gasteiger partial charge in [0, 0.05) is 153 Å². The van der Waals surface area contributed by atoms with E-state index in [4.69, 9.17) is 0 Å². The lowest BCUT2D eigenvalue weighted by atomic mass is 9.93. The number of pyridine rings is 8. The Morgan fingerprint density at radius 3 is 0.847 bits per heavy atom.